The Labute approximate surface area is 113 Å². The van der Waals surface area contributed by atoms with Crippen molar-refractivity contribution in [3.8, 4) is 5.75 Å². The lowest BCUT2D eigenvalue weighted by atomic mass is 10.2. The number of hydrogen-bond donors (Lipinski definition) is 0. The molecule has 2 nitrogen and oxygen atoms in total. The third-order valence-corrected chi connectivity index (χ3v) is 2.73. The third-order valence-electron chi connectivity index (χ3n) is 2.43. The van der Waals surface area contributed by atoms with Crippen LogP contribution < -0.4 is 4.74 Å². The summed E-state index contributed by atoms with van der Waals surface area (Å²) in [5.74, 6) is -1.18. The maximum atomic E-state index is 13.0. The summed E-state index contributed by atoms with van der Waals surface area (Å²) in [6.45, 7) is -0.0841. The summed E-state index contributed by atoms with van der Waals surface area (Å²) in [6, 6.07) is 7.80. The molecule has 0 saturated carbocycles. The molecule has 0 heterocycles. The van der Waals surface area contributed by atoms with E-state index in [9.17, 15) is 13.6 Å². The van der Waals surface area contributed by atoms with E-state index in [1.807, 2.05) is 0 Å². The Morgan fingerprint density at radius 1 is 1.16 bits per heavy atom. The smallest absolute Gasteiger partial charge is 0.153 e. The fourth-order valence-corrected chi connectivity index (χ4v) is 1.86. The van der Waals surface area contributed by atoms with Crippen LogP contribution in [0.5, 0.6) is 5.75 Å². The summed E-state index contributed by atoms with van der Waals surface area (Å²) < 4.78 is 31.4. The molecule has 2 rings (SSSR count). The molecule has 0 aliphatic rings. The summed E-state index contributed by atoms with van der Waals surface area (Å²) in [7, 11) is 0. The highest BCUT2D eigenvalue weighted by Crippen LogP contribution is 2.28. The van der Waals surface area contributed by atoms with Gasteiger partial charge in [0.1, 0.15) is 24.0 Å². The molecule has 19 heavy (non-hydrogen) atoms. The summed E-state index contributed by atoms with van der Waals surface area (Å²) in [4.78, 5) is 10.8. The molecule has 0 radical (unpaired) electrons. The first-order valence-corrected chi connectivity index (χ1v) is 5.79. The molecule has 0 aliphatic heterocycles. The molecule has 0 unspecified atom stereocenters. The average Bonchev–Trinajstić information content (AvgIpc) is 2.36. The fourth-order valence-electron chi connectivity index (χ4n) is 1.62. The Bertz CT molecular complexity index is 594. The molecular formula is C14H9ClF2O2. The number of carbonyl (C=O) groups excluding carboxylic acids is 1. The van der Waals surface area contributed by atoms with Crippen molar-refractivity contribution in [2.75, 3.05) is 0 Å². The number of ether oxygens (including phenoxy) is 1. The normalized spacial score (nSPS) is 10.3. The highest BCUT2D eigenvalue weighted by molar-refractivity contribution is 6.32. The second kappa shape index (κ2) is 5.80. The van der Waals surface area contributed by atoms with Gasteiger partial charge in [0.2, 0.25) is 0 Å². The predicted molar refractivity (Wildman–Crippen MR) is 67.5 cm³/mol. The van der Waals surface area contributed by atoms with E-state index in [1.54, 1.807) is 18.2 Å². The van der Waals surface area contributed by atoms with E-state index in [0.717, 1.165) is 18.2 Å². The van der Waals surface area contributed by atoms with Crippen molar-refractivity contribution in [1.82, 2.24) is 0 Å². The molecule has 5 heteroatoms. The van der Waals surface area contributed by atoms with Gasteiger partial charge in [-0.2, -0.15) is 0 Å². The van der Waals surface area contributed by atoms with Gasteiger partial charge in [-0.15, -0.1) is 0 Å². The minimum Gasteiger partial charge on any atom is -0.487 e. The maximum absolute atomic E-state index is 13.0. The van der Waals surface area contributed by atoms with Crippen LogP contribution in [0.25, 0.3) is 0 Å². The fraction of sp³-hybridized carbons (Fsp3) is 0.0714. The largest absolute Gasteiger partial charge is 0.487 e. The minimum atomic E-state index is -0.687. The standard InChI is InChI=1S/C14H9ClF2O2/c15-13-3-1-2-10(7-18)14(13)19-8-9-4-11(16)6-12(17)5-9/h1-7H,8H2. The topological polar surface area (TPSA) is 26.3 Å². The minimum absolute atomic E-state index is 0.0841. The van der Waals surface area contributed by atoms with Crippen LogP contribution in [0.2, 0.25) is 5.02 Å². The Hall–Kier alpha value is -1.94. The van der Waals surface area contributed by atoms with Crippen LogP contribution in [0.4, 0.5) is 8.78 Å². The van der Waals surface area contributed by atoms with Crippen LogP contribution in [-0.4, -0.2) is 6.29 Å². The lowest BCUT2D eigenvalue weighted by molar-refractivity contribution is 0.111. The van der Waals surface area contributed by atoms with Gasteiger partial charge in [-0.25, -0.2) is 8.78 Å². The Balaban J connectivity index is 2.21. The van der Waals surface area contributed by atoms with E-state index in [-0.39, 0.29) is 22.9 Å². The first kappa shape index (κ1) is 13.5. The van der Waals surface area contributed by atoms with E-state index >= 15 is 0 Å². The predicted octanol–water partition coefficient (Wildman–Crippen LogP) is 4.01. The second-order valence-electron chi connectivity index (χ2n) is 3.84. The molecular weight excluding hydrogens is 274 g/mol. The monoisotopic (exact) mass is 282 g/mol. The first-order valence-electron chi connectivity index (χ1n) is 5.41. The van der Waals surface area contributed by atoms with Gasteiger partial charge >= 0.3 is 0 Å². The van der Waals surface area contributed by atoms with Gasteiger partial charge in [0.15, 0.2) is 6.29 Å². The van der Waals surface area contributed by atoms with E-state index in [1.165, 1.54) is 0 Å². The number of halogens is 3. The van der Waals surface area contributed by atoms with E-state index in [4.69, 9.17) is 16.3 Å². The van der Waals surface area contributed by atoms with Gasteiger partial charge in [0.25, 0.3) is 0 Å². The first-order chi connectivity index (χ1) is 9.10. The molecule has 0 bridgehead atoms. The highest BCUT2D eigenvalue weighted by Gasteiger charge is 2.09. The maximum Gasteiger partial charge on any atom is 0.153 e. The zero-order valence-corrected chi connectivity index (χ0v) is 10.5. The number of para-hydroxylation sites is 1. The summed E-state index contributed by atoms with van der Waals surface area (Å²) in [5, 5.41) is 0.265. The lowest BCUT2D eigenvalue weighted by Gasteiger charge is -2.10. The van der Waals surface area contributed by atoms with Gasteiger partial charge in [-0.05, 0) is 29.8 Å². The number of aldehydes is 1. The molecule has 0 saturated heterocycles. The molecule has 98 valence electrons. The molecule has 0 spiro atoms. The van der Waals surface area contributed by atoms with Crippen molar-refractivity contribution in [1.29, 1.82) is 0 Å². The van der Waals surface area contributed by atoms with Crippen LogP contribution >= 0.6 is 11.6 Å². The SMILES string of the molecule is O=Cc1cccc(Cl)c1OCc1cc(F)cc(F)c1. The third kappa shape index (κ3) is 3.29. The van der Waals surface area contributed by atoms with Gasteiger partial charge in [-0.3, -0.25) is 4.79 Å². The molecule has 0 aromatic heterocycles. The van der Waals surface area contributed by atoms with E-state index in [0.29, 0.717) is 11.8 Å². The van der Waals surface area contributed by atoms with Crippen molar-refractivity contribution >= 4 is 17.9 Å². The molecule has 0 aliphatic carbocycles. The van der Waals surface area contributed by atoms with Crippen molar-refractivity contribution in [2.45, 2.75) is 6.61 Å². The molecule has 0 N–H and O–H groups in total. The quantitative estimate of drug-likeness (QED) is 0.792. The summed E-state index contributed by atoms with van der Waals surface area (Å²) >= 11 is 5.90. The Morgan fingerprint density at radius 2 is 1.84 bits per heavy atom. The van der Waals surface area contributed by atoms with Crippen molar-refractivity contribution in [2.24, 2.45) is 0 Å². The second-order valence-corrected chi connectivity index (χ2v) is 4.25. The van der Waals surface area contributed by atoms with Crippen LogP contribution in [0.1, 0.15) is 15.9 Å². The van der Waals surface area contributed by atoms with Gasteiger partial charge in [0.05, 0.1) is 10.6 Å². The highest BCUT2D eigenvalue weighted by atomic mass is 35.5. The molecule has 0 amide bonds. The molecule has 0 atom stereocenters. The van der Waals surface area contributed by atoms with E-state index in [2.05, 4.69) is 0 Å². The zero-order chi connectivity index (χ0) is 13.8. The summed E-state index contributed by atoms with van der Waals surface area (Å²) in [6.07, 6.45) is 0.605. The Kier molecular flexibility index (Phi) is 4.12. The van der Waals surface area contributed by atoms with Gasteiger partial charge < -0.3 is 4.74 Å². The molecule has 2 aromatic carbocycles. The number of rotatable bonds is 4. The average molecular weight is 283 g/mol. The van der Waals surface area contributed by atoms with Crippen LogP contribution in [-0.2, 0) is 6.61 Å². The van der Waals surface area contributed by atoms with Crippen molar-refractivity contribution < 1.29 is 18.3 Å². The van der Waals surface area contributed by atoms with Crippen molar-refractivity contribution in [3.63, 3.8) is 0 Å². The van der Waals surface area contributed by atoms with Gasteiger partial charge in [0, 0.05) is 6.07 Å². The van der Waals surface area contributed by atoms with E-state index < -0.39 is 11.6 Å². The van der Waals surface area contributed by atoms with Gasteiger partial charge in [-0.1, -0.05) is 17.7 Å². The van der Waals surface area contributed by atoms with Crippen LogP contribution in [0.3, 0.4) is 0 Å². The molecule has 2 aromatic rings. The van der Waals surface area contributed by atoms with Crippen molar-refractivity contribution in [3.05, 3.63) is 64.2 Å². The Morgan fingerprint density at radius 3 is 2.47 bits per heavy atom. The number of hydrogen-bond acceptors (Lipinski definition) is 2. The lowest BCUT2D eigenvalue weighted by Crippen LogP contribution is -2.00. The number of carbonyl (C=O) groups is 1. The zero-order valence-electron chi connectivity index (χ0n) is 9.70. The summed E-state index contributed by atoms with van der Waals surface area (Å²) in [5.41, 5.74) is 0.596. The van der Waals surface area contributed by atoms with Crippen LogP contribution in [0, 0.1) is 11.6 Å². The van der Waals surface area contributed by atoms with Crippen LogP contribution in [0.15, 0.2) is 36.4 Å². The molecule has 0 fully saturated rings. The number of benzene rings is 2.